The van der Waals surface area contributed by atoms with Crippen LogP contribution in [-0.4, -0.2) is 71.2 Å². The van der Waals surface area contributed by atoms with Crippen molar-refractivity contribution in [2.45, 2.75) is 13.0 Å². The Morgan fingerprint density at radius 1 is 1.21 bits per heavy atom. The van der Waals surface area contributed by atoms with Crippen LogP contribution in [0.1, 0.15) is 18.6 Å². The first-order valence-electron chi connectivity index (χ1n) is 10.1. The van der Waals surface area contributed by atoms with Gasteiger partial charge in [0, 0.05) is 56.0 Å². The molecule has 2 aliphatic heterocycles. The number of anilines is 1. The maximum Gasteiger partial charge on any atom is 0.158 e. The summed E-state index contributed by atoms with van der Waals surface area (Å²) in [7, 11) is 0. The Bertz CT molecular complexity index is 993. The number of ether oxygens (including phenoxy) is 1. The standard InChI is InChI=1S/C21H25N5O3/c1-14(27)17-3-2-4-22-20(17)16-9-18-21(24-29-23-18)19(10-16)26-12-15(13-26)11-25-5-7-28-8-6-25/h2-4,9-10,14-15,27H,5-8,11-13H2,1H3. The van der Waals surface area contributed by atoms with Gasteiger partial charge >= 0.3 is 0 Å². The summed E-state index contributed by atoms with van der Waals surface area (Å²) in [4.78, 5) is 9.33. The Hall–Kier alpha value is -2.55. The molecule has 1 unspecified atom stereocenters. The van der Waals surface area contributed by atoms with Gasteiger partial charge in [0.1, 0.15) is 5.52 Å². The van der Waals surface area contributed by atoms with E-state index in [9.17, 15) is 5.11 Å². The van der Waals surface area contributed by atoms with E-state index in [1.54, 1.807) is 13.1 Å². The van der Waals surface area contributed by atoms with Crippen molar-refractivity contribution in [3.63, 3.8) is 0 Å². The zero-order valence-electron chi connectivity index (χ0n) is 16.5. The maximum atomic E-state index is 10.2. The summed E-state index contributed by atoms with van der Waals surface area (Å²) >= 11 is 0. The summed E-state index contributed by atoms with van der Waals surface area (Å²) in [6.45, 7) is 8.52. The molecule has 0 radical (unpaired) electrons. The van der Waals surface area contributed by atoms with Crippen LogP contribution in [0.5, 0.6) is 0 Å². The van der Waals surface area contributed by atoms with E-state index < -0.39 is 6.10 Å². The zero-order valence-corrected chi connectivity index (χ0v) is 16.5. The quantitative estimate of drug-likeness (QED) is 0.703. The van der Waals surface area contributed by atoms with E-state index in [2.05, 4.69) is 31.2 Å². The number of morpholine rings is 1. The number of hydrogen-bond acceptors (Lipinski definition) is 8. The summed E-state index contributed by atoms with van der Waals surface area (Å²) < 4.78 is 10.5. The van der Waals surface area contributed by atoms with Crippen molar-refractivity contribution in [2.75, 3.05) is 50.8 Å². The molecule has 3 aromatic rings. The van der Waals surface area contributed by atoms with Gasteiger partial charge in [-0.25, -0.2) is 4.63 Å². The molecule has 2 saturated heterocycles. The summed E-state index contributed by atoms with van der Waals surface area (Å²) in [5.41, 5.74) is 4.96. The van der Waals surface area contributed by atoms with Crippen LogP contribution < -0.4 is 4.90 Å². The fraction of sp³-hybridized carbons (Fsp3) is 0.476. The number of benzene rings is 1. The molecule has 29 heavy (non-hydrogen) atoms. The maximum absolute atomic E-state index is 10.2. The number of rotatable bonds is 5. The predicted molar refractivity (Wildman–Crippen MR) is 109 cm³/mol. The van der Waals surface area contributed by atoms with Crippen molar-refractivity contribution in [2.24, 2.45) is 5.92 Å². The van der Waals surface area contributed by atoms with Gasteiger partial charge in [-0.15, -0.1) is 0 Å². The molecule has 2 aromatic heterocycles. The third-order valence-corrected chi connectivity index (χ3v) is 5.82. The largest absolute Gasteiger partial charge is 0.389 e. The number of aliphatic hydroxyl groups is 1. The Morgan fingerprint density at radius 2 is 2.03 bits per heavy atom. The third-order valence-electron chi connectivity index (χ3n) is 5.82. The van der Waals surface area contributed by atoms with Crippen LogP contribution in [0, 0.1) is 5.92 Å². The number of nitrogens with zero attached hydrogens (tertiary/aromatic N) is 5. The summed E-state index contributed by atoms with van der Waals surface area (Å²) in [5, 5.41) is 18.4. The van der Waals surface area contributed by atoms with E-state index in [0.717, 1.165) is 74.0 Å². The Kier molecular flexibility index (Phi) is 4.91. The van der Waals surface area contributed by atoms with E-state index in [1.807, 2.05) is 18.2 Å². The monoisotopic (exact) mass is 395 g/mol. The van der Waals surface area contributed by atoms with Crippen LogP contribution in [0.4, 0.5) is 5.69 Å². The fourth-order valence-corrected chi connectivity index (χ4v) is 4.28. The van der Waals surface area contributed by atoms with Crippen LogP contribution in [0.15, 0.2) is 35.1 Å². The minimum atomic E-state index is -0.602. The molecule has 2 aliphatic rings. The van der Waals surface area contributed by atoms with Gasteiger partial charge in [0.25, 0.3) is 0 Å². The van der Waals surface area contributed by atoms with Gasteiger partial charge in [-0.1, -0.05) is 6.07 Å². The van der Waals surface area contributed by atoms with Gasteiger partial charge in [0.15, 0.2) is 5.52 Å². The number of fused-ring (bicyclic) bond motifs is 1. The van der Waals surface area contributed by atoms with Crippen molar-refractivity contribution in [1.29, 1.82) is 0 Å². The predicted octanol–water partition coefficient (Wildman–Crippen LogP) is 2.11. The third kappa shape index (κ3) is 3.59. The molecule has 0 amide bonds. The van der Waals surface area contributed by atoms with E-state index in [1.165, 1.54) is 0 Å². The van der Waals surface area contributed by atoms with Gasteiger partial charge in [-0.2, -0.15) is 0 Å². The molecule has 5 rings (SSSR count). The van der Waals surface area contributed by atoms with E-state index in [-0.39, 0.29) is 0 Å². The lowest BCUT2D eigenvalue weighted by Gasteiger charge is -2.43. The molecule has 0 aliphatic carbocycles. The Morgan fingerprint density at radius 3 is 2.83 bits per heavy atom. The Labute approximate surface area is 169 Å². The van der Waals surface area contributed by atoms with Crippen molar-refractivity contribution in [1.82, 2.24) is 20.2 Å². The highest BCUT2D eigenvalue weighted by Crippen LogP contribution is 2.36. The summed E-state index contributed by atoms with van der Waals surface area (Å²) in [6.07, 6.45) is 1.14. The second-order valence-electron chi connectivity index (χ2n) is 7.93. The molecule has 8 nitrogen and oxygen atoms in total. The molecule has 8 heteroatoms. The average molecular weight is 395 g/mol. The van der Waals surface area contributed by atoms with Gasteiger partial charge in [0.05, 0.1) is 30.7 Å². The van der Waals surface area contributed by atoms with Crippen molar-refractivity contribution in [3.8, 4) is 11.3 Å². The molecule has 1 N–H and O–H groups in total. The lowest BCUT2D eigenvalue weighted by molar-refractivity contribution is 0.0286. The van der Waals surface area contributed by atoms with Crippen LogP contribution in [0.3, 0.4) is 0 Å². The lowest BCUT2D eigenvalue weighted by atomic mass is 9.96. The highest BCUT2D eigenvalue weighted by molar-refractivity contribution is 5.93. The normalized spacial score (nSPS) is 19.4. The molecule has 2 fully saturated rings. The first-order chi connectivity index (χ1) is 14.2. The van der Waals surface area contributed by atoms with Gasteiger partial charge < -0.3 is 14.7 Å². The zero-order chi connectivity index (χ0) is 19.8. The molecule has 152 valence electrons. The number of hydrogen-bond donors (Lipinski definition) is 1. The van der Waals surface area contributed by atoms with Crippen molar-refractivity contribution >= 4 is 16.7 Å². The second-order valence-corrected chi connectivity index (χ2v) is 7.93. The fourth-order valence-electron chi connectivity index (χ4n) is 4.28. The van der Waals surface area contributed by atoms with Crippen LogP contribution in [-0.2, 0) is 4.74 Å². The molecule has 0 saturated carbocycles. The SMILES string of the molecule is CC(O)c1cccnc1-c1cc(N2CC(CN3CCOCC3)C2)c2nonc2c1. The van der Waals surface area contributed by atoms with Gasteiger partial charge in [-0.3, -0.25) is 9.88 Å². The highest BCUT2D eigenvalue weighted by atomic mass is 16.6. The molecule has 0 spiro atoms. The number of aliphatic hydroxyl groups excluding tert-OH is 1. The Balaban J connectivity index is 1.41. The molecule has 4 heterocycles. The van der Waals surface area contributed by atoms with Crippen molar-refractivity contribution in [3.05, 3.63) is 36.0 Å². The summed E-state index contributed by atoms with van der Waals surface area (Å²) in [6, 6.07) is 7.76. The molecule has 1 aromatic carbocycles. The average Bonchev–Trinajstić information content (AvgIpc) is 3.19. The topological polar surface area (TPSA) is 87.8 Å². The number of aromatic nitrogens is 3. The van der Waals surface area contributed by atoms with E-state index in [0.29, 0.717) is 11.4 Å². The minimum absolute atomic E-state index is 0.602. The van der Waals surface area contributed by atoms with Gasteiger partial charge in [0.2, 0.25) is 0 Å². The summed E-state index contributed by atoms with van der Waals surface area (Å²) in [5.74, 6) is 0.634. The van der Waals surface area contributed by atoms with Crippen molar-refractivity contribution < 1.29 is 14.5 Å². The molecule has 0 bridgehead atoms. The van der Waals surface area contributed by atoms with Crippen LogP contribution >= 0.6 is 0 Å². The smallest absolute Gasteiger partial charge is 0.158 e. The number of pyridine rings is 1. The highest BCUT2D eigenvalue weighted by Gasteiger charge is 2.31. The molecule has 1 atom stereocenters. The second kappa shape index (κ2) is 7.70. The molecular weight excluding hydrogens is 370 g/mol. The van der Waals surface area contributed by atoms with Crippen LogP contribution in [0.25, 0.3) is 22.3 Å². The first kappa shape index (κ1) is 18.5. The molecular formula is C21H25N5O3. The van der Waals surface area contributed by atoms with Gasteiger partial charge in [-0.05, 0) is 35.4 Å². The van der Waals surface area contributed by atoms with E-state index >= 15 is 0 Å². The lowest BCUT2D eigenvalue weighted by Crippen LogP contribution is -2.53. The van der Waals surface area contributed by atoms with E-state index in [4.69, 9.17) is 9.37 Å². The van der Waals surface area contributed by atoms with Crippen LogP contribution in [0.2, 0.25) is 0 Å². The first-order valence-corrected chi connectivity index (χ1v) is 10.1. The minimum Gasteiger partial charge on any atom is -0.389 e.